The smallest absolute Gasteiger partial charge is 0.171 e. The average Bonchev–Trinajstić information content (AvgIpc) is 2.37. The Morgan fingerprint density at radius 3 is 3.00 bits per heavy atom. The predicted molar refractivity (Wildman–Crippen MR) is 66.6 cm³/mol. The van der Waals surface area contributed by atoms with Gasteiger partial charge in [0, 0.05) is 25.7 Å². The second-order valence-electron chi connectivity index (χ2n) is 3.84. The molecular formula is C11H18N4O2. The van der Waals surface area contributed by atoms with Gasteiger partial charge in [-0.1, -0.05) is 12.1 Å². The summed E-state index contributed by atoms with van der Waals surface area (Å²) < 4.78 is 5.22. The number of ether oxygens (including phenoxy) is 1. The number of nitrogens with zero attached hydrogens (tertiary/aromatic N) is 3. The van der Waals surface area contributed by atoms with Crippen LogP contribution in [0.15, 0.2) is 23.5 Å². The van der Waals surface area contributed by atoms with E-state index in [9.17, 15) is 0 Å². The molecule has 0 spiro atoms. The van der Waals surface area contributed by atoms with E-state index in [4.69, 9.17) is 15.7 Å². The second-order valence-corrected chi connectivity index (χ2v) is 3.84. The van der Waals surface area contributed by atoms with Gasteiger partial charge in [0.1, 0.15) is 5.84 Å². The van der Waals surface area contributed by atoms with Crippen molar-refractivity contribution < 1.29 is 9.94 Å². The van der Waals surface area contributed by atoms with Crippen molar-refractivity contribution in [3.63, 3.8) is 0 Å². The van der Waals surface area contributed by atoms with Crippen molar-refractivity contribution in [3.8, 4) is 5.75 Å². The molecular weight excluding hydrogens is 220 g/mol. The Morgan fingerprint density at radius 2 is 2.41 bits per heavy atom. The molecule has 6 heteroatoms. The van der Waals surface area contributed by atoms with Gasteiger partial charge in [-0.15, -0.1) is 0 Å². The Hall–Kier alpha value is -1.98. The topological polar surface area (TPSA) is 84.0 Å². The summed E-state index contributed by atoms with van der Waals surface area (Å²) >= 11 is 0. The SMILES string of the molecule is COc1cccnc1N(C)CC(C)/C(N)=N/O. The molecule has 0 aromatic carbocycles. The van der Waals surface area contributed by atoms with E-state index in [0.29, 0.717) is 12.3 Å². The molecule has 0 amide bonds. The van der Waals surface area contributed by atoms with Gasteiger partial charge in [-0.05, 0) is 12.1 Å². The highest BCUT2D eigenvalue weighted by Crippen LogP contribution is 2.24. The van der Waals surface area contributed by atoms with Crippen LogP contribution >= 0.6 is 0 Å². The zero-order chi connectivity index (χ0) is 12.8. The van der Waals surface area contributed by atoms with Crippen LogP contribution < -0.4 is 15.4 Å². The van der Waals surface area contributed by atoms with Crippen LogP contribution in [0.1, 0.15) is 6.92 Å². The number of methoxy groups -OCH3 is 1. The molecule has 0 fully saturated rings. The molecule has 0 bridgehead atoms. The van der Waals surface area contributed by atoms with E-state index in [0.717, 1.165) is 5.82 Å². The lowest BCUT2D eigenvalue weighted by atomic mass is 10.1. The van der Waals surface area contributed by atoms with Gasteiger partial charge in [0.15, 0.2) is 11.6 Å². The van der Waals surface area contributed by atoms with Gasteiger partial charge in [0.25, 0.3) is 0 Å². The van der Waals surface area contributed by atoms with Crippen LogP contribution in [-0.2, 0) is 0 Å². The van der Waals surface area contributed by atoms with E-state index in [1.165, 1.54) is 0 Å². The van der Waals surface area contributed by atoms with E-state index >= 15 is 0 Å². The number of pyridine rings is 1. The molecule has 0 saturated carbocycles. The molecule has 0 saturated heterocycles. The third-order valence-corrected chi connectivity index (χ3v) is 2.50. The average molecular weight is 238 g/mol. The monoisotopic (exact) mass is 238 g/mol. The molecule has 1 aromatic rings. The quantitative estimate of drug-likeness (QED) is 0.345. The molecule has 1 atom stereocenters. The number of nitrogens with two attached hydrogens (primary N) is 1. The van der Waals surface area contributed by atoms with Crippen LogP contribution in [0.3, 0.4) is 0 Å². The maximum Gasteiger partial charge on any atom is 0.171 e. The lowest BCUT2D eigenvalue weighted by Crippen LogP contribution is -2.33. The molecule has 6 nitrogen and oxygen atoms in total. The van der Waals surface area contributed by atoms with E-state index in [1.54, 1.807) is 13.3 Å². The second kappa shape index (κ2) is 5.93. The molecule has 1 heterocycles. The summed E-state index contributed by atoms with van der Waals surface area (Å²) in [5.74, 6) is 1.55. The third kappa shape index (κ3) is 3.24. The predicted octanol–water partition coefficient (Wildman–Crippen LogP) is 0.909. The molecule has 0 aliphatic rings. The summed E-state index contributed by atoms with van der Waals surface area (Å²) in [6.45, 7) is 2.46. The normalized spacial score (nSPS) is 13.2. The van der Waals surface area contributed by atoms with Gasteiger partial charge in [0.2, 0.25) is 0 Å². The number of anilines is 1. The van der Waals surface area contributed by atoms with Crippen molar-refractivity contribution in [2.24, 2.45) is 16.8 Å². The summed E-state index contributed by atoms with van der Waals surface area (Å²) in [6.07, 6.45) is 1.70. The highest BCUT2D eigenvalue weighted by Gasteiger charge is 2.14. The minimum Gasteiger partial charge on any atom is -0.493 e. The molecule has 1 aromatic heterocycles. The summed E-state index contributed by atoms with van der Waals surface area (Å²) in [7, 11) is 3.48. The van der Waals surface area contributed by atoms with Crippen molar-refractivity contribution in [1.29, 1.82) is 0 Å². The molecule has 3 N–H and O–H groups in total. The van der Waals surface area contributed by atoms with E-state index in [2.05, 4.69) is 10.1 Å². The Morgan fingerprint density at radius 1 is 1.71 bits per heavy atom. The number of amidine groups is 1. The van der Waals surface area contributed by atoms with Crippen LogP contribution in [0.2, 0.25) is 0 Å². The third-order valence-electron chi connectivity index (χ3n) is 2.50. The van der Waals surface area contributed by atoms with Gasteiger partial charge in [-0.25, -0.2) is 4.98 Å². The van der Waals surface area contributed by atoms with Crippen LogP contribution in [0.25, 0.3) is 0 Å². The largest absolute Gasteiger partial charge is 0.493 e. The van der Waals surface area contributed by atoms with Crippen molar-refractivity contribution in [2.75, 3.05) is 25.6 Å². The van der Waals surface area contributed by atoms with Crippen molar-refractivity contribution in [2.45, 2.75) is 6.92 Å². The van der Waals surface area contributed by atoms with Crippen molar-refractivity contribution in [1.82, 2.24) is 4.98 Å². The number of aromatic nitrogens is 1. The summed E-state index contributed by atoms with van der Waals surface area (Å²) in [4.78, 5) is 6.15. The fourth-order valence-corrected chi connectivity index (χ4v) is 1.52. The summed E-state index contributed by atoms with van der Waals surface area (Å²) in [6, 6.07) is 3.65. The number of oxime groups is 1. The molecule has 1 rings (SSSR count). The maximum atomic E-state index is 8.59. The van der Waals surface area contributed by atoms with Crippen LogP contribution in [0.5, 0.6) is 5.75 Å². The molecule has 0 radical (unpaired) electrons. The van der Waals surface area contributed by atoms with Crippen molar-refractivity contribution in [3.05, 3.63) is 18.3 Å². The van der Waals surface area contributed by atoms with Gasteiger partial charge >= 0.3 is 0 Å². The molecule has 0 aliphatic heterocycles. The molecule has 94 valence electrons. The van der Waals surface area contributed by atoms with E-state index in [1.807, 2.05) is 31.0 Å². The number of hydrogen-bond acceptors (Lipinski definition) is 5. The van der Waals surface area contributed by atoms with E-state index < -0.39 is 0 Å². The van der Waals surface area contributed by atoms with Gasteiger partial charge < -0.3 is 20.6 Å². The molecule has 1 unspecified atom stereocenters. The minimum absolute atomic E-state index is 0.0725. The number of rotatable bonds is 5. The summed E-state index contributed by atoms with van der Waals surface area (Å²) in [5, 5.41) is 11.6. The molecule has 0 aliphatic carbocycles. The Labute approximate surface area is 101 Å². The lowest BCUT2D eigenvalue weighted by molar-refractivity contribution is 0.314. The minimum atomic E-state index is -0.0725. The highest BCUT2D eigenvalue weighted by molar-refractivity contribution is 5.82. The van der Waals surface area contributed by atoms with Crippen LogP contribution in [0, 0.1) is 5.92 Å². The van der Waals surface area contributed by atoms with Gasteiger partial charge in [-0.2, -0.15) is 0 Å². The van der Waals surface area contributed by atoms with Crippen LogP contribution in [-0.4, -0.2) is 36.7 Å². The fraction of sp³-hybridized carbons (Fsp3) is 0.455. The molecule has 17 heavy (non-hydrogen) atoms. The lowest BCUT2D eigenvalue weighted by Gasteiger charge is -2.23. The number of hydrogen-bond donors (Lipinski definition) is 2. The first-order chi connectivity index (χ1) is 8.10. The fourth-order valence-electron chi connectivity index (χ4n) is 1.52. The Kier molecular flexibility index (Phi) is 4.56. The first kappa shape index (κ1) is 13.1. The first-order valence-electron chi connectivity index (χ1n) is 5.27. The van der Waals surface area contributed by atoms with E-state index in [-0.39, 0.29) is 11.8 Å². The maximum absolute atomic E-state index is 8.59. The zero-order valence-electron chi connectivity index (χ0n) is 10.3. The summed E-state index contributed by atoms with van der Waals surface area (Å²) in [5.41, 5.74) is 5.54. The zero-order valence-corrected chi connectivity index (χ0v) is 10.3. The Bertz CT molecular complexity index is 395. The van der Waals surface area contributed by atoms with Crippen LogP contribution in [0.4, 0.5) is 5.82 Å². The standard InChI is InChI=1S/C11H18N4O2/c1-8(10(12)14-16)7-15(2)11-9(17-3)5-4-6-13-11/h4-6,8,16H,7H2,1-3H3,(H2,12,14). The Balaban J connectivity index is 2.79. The van der Waals surface area contributed by atoms with Crippen molar-refractivity contribution >= 4 is 11.7 Å². The van der Waals surface area contributed by atoms with Gasteiger partial charge in [-0.3, -0.25) is 0 Å². The first-order valence-corrected chi connectivity index (χ1v) is 5.27. The highest BCUT2D eigenvalue weighted by atomic mass is 16.5. The van der Waals surface area contributed by atoms with Gasteiger partial charge in [0.05, 0.1) is 7.11 Å².